The Morgan fingerprint density at radius 1 is 0.964 bits per heavy atom. The number of piperazine rings is 1. The molecule has 1 N–H and O–H groups in total. The molecule has 6 heteroatoms. The van der Waals surface area contributed by atoms with Crippen LogP contribution in [0.2, 0.25) is 0 Å². The van der Waals surface area contributed by atoms with Crippen LogP contribution in [0.1, 0.15) is 32.1 Å². The summed E-state index contributed by atoms with van der Waals surface area (Å²) in [6, 6.07) is 10.3. The molecular formula is C22H28N6. The molecule has 0 radical (unpaired) electrons. The molecule has 1 aliphatic heterocycles. The third-order valence-corrected chi connectivity index (χ3v) is 6.30. The molecule has 1 saturated heterocycles. The van der Waals surface area contributed by atoms with Crippen LogP contribution in [0.5, 0.6) is 0 Å². The molecule has 3 aromatic rings. The summed E-state index contributed by atoms with van der Waals surface area (Å²) < 4.78 is 0. The van der Waals surface area contributed by atoms with E-state index in [1.165, 1.54) is 38.6 Å². The topological polar surface area (TPSA) is 60.9 Å². The number of rotatable bonds is 4. The standard InChI is InChI=1S/C22H28N6/c1-2-6-17(7-3-1)15-27-10-12-28(13-11-27)21-14-20(23-16-24-21)22-18-8-4-5-9-19(18)25-26-22/h4-5,8-9,14,16-17H,1-3,6-7,10-13,15H2,(H,25,26). The Kier molecular flexibility index (Phi) is 4.95. The highest BCUT2D eigenvalue weighted by Crippen LogP contribution is 2.27. The quantitative estimate of drug-likeness (QED) is 0.752. The first kappa shape index (κ1) is 17.6. The zero-order chi connectivity index (χ0) is 18.8. The van der Waals surface area contributed by atoms with E-state index in [4.69, 9.17) is 0 Å². The second-order valence-electron chi connectivity index (χ2n) is 8.17. The van der Waals surface area contributed by atoms with Crippen molar-refractivity contribution < 1.29 is 0 Å². The third kappa shape index (κ3) is 3.61. The maximum absolute atomic E-state index is 4.55. The van der Waals surface area contributed by atoms with Gasteiger partial charge in [0.2, 0.25) is 0 Å². The highest BCUT2D eigenvalue weighted by molar-refractivity contribution is 5.92. The molecule has 2 aromatic heterocycles. The van der Waals surface area contributed by atoms with Crippen molar-refractivity contribution in [2.75, 3.05) is 37.6 Å². The van der Waals surface area contributed by atoms with Gasteiger partial charge in [0.15, 0.2) is 0 Å². The van der Waals surface area contributed by atoms with Gasteiger partial charge in [-0.1, -0.05) is 37.5 Å². The lowest BCUT2D eigenvalue weighted by Gasteiger charge is -2.37. The Morgan fingerprint density at radius 3 is 2.64 bits per heavy atom. The Hall–Kier alpha value is -2.47. The number of fused-ring (bicyclic) bond motifs is 1. The molecule has 6 nitrogen and oxygen atoms in total. The zero-order valence-corrected chi connectivity index (χ0v) is 16.3. The summed E-state index contributed by atoms with van der Waals surface area (Å²) in [6.07, 6.45) is 8.81. The van der Waals surface area contributed by atoms with E-state index in [1.807, 2.05) is 18.2 Å². The first-order valence-electron chi connectivity index (χ1n) is 10.6. The molecule has 1 aromatic carbocycles. The van der Waals surface area contributed by atoms with Crippen LogP contribution in [0.4, 0.5) is 5.82 Å². The summed E-state index contributed by atoms with van der Waals surface area (Å²) in [4.78, 5) is 14.1. The predicted octanol–water partition coefficient (Wildman–Crippen LogP) is 3.72. The average molecular weight is 377 g/mol. The second kappa shape index (κ2) is 7.87. The summed E-state index contributed by atoms with van der Waals surface area (Å²) >= 11 is 0. The fraction of sp³-hybridized carbons (Fsp3) is 0.500. The molecule has 3 heterocycles. The molecule has 0 spiro atoms. The summed E-state index contributed by atoms with van der Waals surface area (Å²) in [5, 5.41) is 8.69. The lowest BCUT2D eigenvalue weighted by atomic mass is 9.89. The largest absolute Gasteiger partial charge is 0.354 e. The van der Waals surface area contributed by atoms with Crippen molar-refractivity contribution in [1.29, 1.82) is 0 Å². The molecule has 1 saturated carbocycles. The van der Waals surface area contributed by atoms with Crippen LogP contribution in [0.15, 0.2) is 36.7 Å². The van der Waals surface area contributed by atoms with Crippen molar-refractivity contribution in [3.05, 3.63) is 36.7 Å². The number of aromatic nitrogens is 4. The molecule has 0 amide bonds. The van der Waals surface area contributed by atoms with E-state index in [9.17, 15) is 0 Å². The van der Waals surface area contributed by atoms with Gasteiger partial charge in [-0.15, -0.1) is 0 Å². The summed E-state index contributed by atoms with van der Waals surface area (Å²) in [7, 11) is 0. The minimum atomic E-state index is 0.882. The van der Waals surface area contributed by atoms with Crippen LogP contribution in [0, 0.1) is 5.92 Å². The zero-order valence-electron chi connectivity index (χ0n) is 16.3. The number of aromatic amines is 1. The van der Waals surface area contributed by atoms with Gasteiger partial charge in [0.1, 0.15) is 17.8 Å². The highest BCUT2D eigenvalue weighted by Gasteiger charge is 2.22. The predicted molar refractivity (Wildman–Crippen MR) is 112 cm³/mol. The van der Waals surface area contributed by atoms with Crippen molar-refractivity contribution in [1.82, 2.24) is 25.1 Å². The summed E-state index contributed by atoms with van der Waals surface area (Å²) in [5.41, 5.74) is 2.82. The van der Waals surface area contributed by atoms with Gasteiger partial charge in [-0.2, -0.15) is 5.10 Å². The number of para-hydroxylation sites is 1. The van der Waals surface area contributed by atoms with E-state index >= 15 is 0 Å². The van der Waals surface area contributed by atoms with Gasteiger partial charge in [-0.3, -0.25) is 10.00 Å². The smallest absolute Gasteiger partial charge is 0.132 e. The summed E-state index contributed by atoms with van der Waals surface area (Å²) in [6.45, 7) is 5.60. The molecule has 0 unspecified atom stereocenters. The highest BCUT2D eigenvalue weighted by atomic mass is 15.3. The van der Waals surface area contributed by atoms with E-state index in [1.54, 1.807) is 6.33 Å². The van der Waals surface area contributed by atoms with Crippen LogP contribution in [0.25, 0.3) is 22.3 Å². The number of benzene rings is 1. The third-order valence-electron chi connectivity index (χ3n) is 6.30. The molecule has 2 fully saturated rings. The van der Waals surface area contributed by atoms with E-state index < -0.39 is 0 Å². The number of hydrogen-bond donors (Lipinski definition) is 1. The lowest BCUT2D eigenvalue weighted by Crippen LogP contribution is -2.48. The van der Waals surface area contributed by atoms with Gasteiger partial charge in [-0.25, -0.2) is 9.97 Å². The Labute approximate surface area is 166 Å². The van der Waals surface area contributed by atoms with Crippen LogP contribution < -0.4 is 4.90 Å². The van der Waals surface area contributed by atoms with E-state index in [0.717, 1.165) is 60.2 Å². The first-order chi connectivity index (χ1) is 13.9. The van der Waals surface area contributed by atoms with Gasteiger partial charge in [-0.05, 0) is 24.8 Å². The van der Waals surface area contributed by atoms with Gasteiger partial charge in [0.05, 0.1) is 11.2 Å². The van der Waals surface area contributed by atoms with Gasteiger partial charge >= 0.3 is 0 Å². The lowest BCUT2D eigenvalue weighted by molar-refractivity contribution is 0.192. The number of anilines is 1. The van der Waals surface area contributed by atoms with Crippen molar-refractivity contribution in [3.63, 3.8) is 0 Å². The first-order valence-corrected chi connectivity index (χ1v) is 10.6. The molecule has 28 heavy (non-hydrogen) atoms. The van der Waals surface area contributed by atoms with Crippen LogP contribution in [-0.4, -0.2) is 57.8 Å². The normalized spacial score (nSPS) is 19.4. The molecule has 0 atom stereocenters. The monoisotopic (exact) mass is 376 g/mol. The van der Waals surface area contributed by atoms with Crippen molar-refractivity contribution in [2.45, 2.75) is 32.1 Å². The SMILES string of the molecule is c1ccc2c(-c3cc(N4CCN(CC5CCCCC5)CC4)ncn3)n[nH]c2c1. The molecule has 0 bridgehead atoms. The Balaban J connectivity index is 1.27. The number of nitrogens with one attached hydrogen (secondary N) is 1. The number of nitrogens with zero attached hydrogens (tertiary/aromatic N) is 5. The fourth-order valence-electron chi connectivity index (χ4n) is 4.70. The molecule has 2 aliphatic rings. The maximum Gasteiger partial charge on any atom is 0.132 e. The number of hydrogen-bond acceptors (Lipinski definition) is 5. The van der Waals surface area contributed by atoms with Crippen molar-refractivity contribution in [3.8, 4) is 11.4 Å². The Bertz CT molecular complexity index is 921. The maximum atomic E-state index is 4.55. The van der Waals surface area contributed by atoms with E-state index in [2.05, 4.69) is 42.1 Å². The summed E-state index contributed by atoms with van der Waals surface area (Å²) in [5.74, 6) is 1.92. The fourth-order valence-corrected chi connectivity index (χ4v) is 4.70. The average Bonchev–Trinajstić information content (AvgIpc) is 3.19. The van der Waals surface area contributed by atoms with Crippen LogP contribution in [-0.2, 0) is 0 Å². The van der Waals surface area contributed by atoms with Crippen LogP contribution >= 0.6 is 0 Å². The second-order valence-corrected chi connectivity index (χ2v) is 8.17. The van der Waals surface area contributed by atoms with Crippen molar-refractivity contribution >= 4 is 16.7 Å². The Morgan fingerprint density at radius 2 is 1.79 bits per heavy atom. The van der Waals surface area contributed by atoms with Gasteiger partial charge in [0.25, 0.3) is 0 Å². The van der Waals surface area contributed by atoms with Gasteiger partial charge < -0.3 is 4.90 Å². The van der Waals surface area contributed by atoms with E-state index in [0.29, 0.717) is 0 Å². The minimum Gasteiger partial charge on any atom is -0.354 e. The van der Waals surface area contributed by atoms with Crippen LogP contribution in [0.3, 0.4) is 0 Å². The van der Waals surface area contributed by atoms with Crippen molar-refractivity contribution in [2.24, 2.45) is 5.92 Å². The molecule has 146 valence electrons. The molecular weight excluding hydrogens is 348 g/mol. The van der Waals surface area contributed by atoms with E-state index in [-0.39, 0.29) is 0 Å². The molecule has 1 aliphatic carbocycles. The van der Waals surface area contributed by atoms with Gasteiger partial charge in [0, 0.05) is 44.2 Å². The molecule has 5 rings (SSSR count). The number of H-pyrrole nitrogens is 1. The minimum absolute atomic E-state index is 0.882.